The van der Waals surface area contributed by atoms with Gasteiger partial charge >= 0.3 is 0 Å². The Balaban J connectivity index is 2.08. The highest BCUT2D eigenvalue weighted by Gasteiger charge is 2.13. The molecule has 0 saturated carbocycles. The van der Waals surface area contributed by atoms with Crippen LogP contribution in [0.5, 0.6) is 11.5 Å². The van der Waals surface area contributed by atoms with Crippen LogP contribution in [0.15, 0.2) is 42.5 Å². The van der Waals surface area contributed by atoms with Crippen LogP contribution in [0.2, 0.25) is 0 Å². The quantitative estimate of drug-likeness (QED) is 0.809. The van der Waals surface area contributed by atoms with Gasteiger partial charge in [0, 0.05) is 19.2 Å². The van der Waals surface area contributed by atoms with Crippen molar-refractivity contribution in [2.24, 2.45) is 5.73 Å². The summed E-state index contributed by atoms with van der Waals surface area (Å²) in [6, 6.07) is 14.3. The molecular weight excluding hydrogens is 306 g/mol. The molecule has 0 atom stereocenters. The first kappa shape index (κ1) is 17.3. The molecule has 124 valence electrons. The lowest BCUT2D eigenvalue weighted by Crippen LogP contribution is -2.29. The Labute approximate surface area is 140 Å². The summed E-state index contributed by atoms with van der Waals surface area (Å²) in [6.07, 6.45) is 0. The van der Waals surface area contributed by atoms with E-state index in [1.54, 1.807) is 30.3 Å². The Hall–Kier alpha value is -3.04. The molecular formula is C18H19N3O3. The number of benzene rings is 2. The second-order valence-corrected chi connectivity index (χ2v) is 5.01. The van der Waals surface area contributed by atoms with E-state index in [0.717, 1.165) is 5.56 Å². The van der Waals surface area contributed by atoms with Crippen molar-refractivity contribution < 1.29 is 14.3 Å². The Bertz CT molecular complexity index is 753. The molecule has 3 N–H and O–H groups in total. The number of nitrogens with two attached hydrogens (primary N) is 1. The van der Waals surface area contributed by atoms with Crippen LogP contribution in [-0.2, 0) is 6.61 Å². The fourth-order valence-electron chi connectivity index (χ4n) is 2.13. The maximum Gasteiger partial charge on any atom is 0.255 e. The smallest absolute Gasteiger partial charge is 0.255 e. The molecule has 2 rings (SSSR count). The number of ether oxygens (including phenoxy) is 2. The highest BCUT2D eigenvalue weighted by molar-refractivity contribution is 5.97. The average molecular weight is 325 g/mol. The molecule has 24 heavy (non-hydrogen) atoms. The molecule has 0 spiro atoms. The van der Waals surface area contributed by atoms with Crippen LogP contribution in [0.25, 0.3) is 0 Å². The average Bonchev–Trinajstić information content (AvgIpc) is 2.64. The number of nitriles is 1. The number of methoxy groups -OCH3 is 1. The van der Waals surface area contributed by atoms with E-state index in [1.165, 1.54) is 7.11 Å². The Kier molecular flexibility index (Phi) is 6.17. The zero-order valence-electron chi connectivity index (χ0n) is 13.4. The number of rotatable bonds is 7. The highest BCUT2D eigenvalue weighted by atomic mass is 16.5. The van der Waals surface area contributed by atoms with Crippen LogP contribution in [-0.4, -0.2) is 26.1 Å². The van der Waals surface area contributed by atoms with E-state index in [2.05, 4.69) is 11.4 Å². The summed E-state index contributed by atoms with van der Waals surface area (Å²) >= 11 is 0. The zero-order chi connectivity index (χ0) is 17.4. The molecule has 0 aliphatic rings. The van der Waals surface area contributed by atoms with E-state index in [4.69, 9.17) is 20.5 Å². The van der Waals surface area contributed by atoms with Crippen LogP contribution in [0.4, 0.5) is 0 Å². The zero-order valence-corrected chi connectivity index (χ0v) is 13.4. The van der Waals surface area contributed by atoms with Crippen LogP contribution >= 0.6 is 0 Å². The summed E-state index contributed by atoms with van der Waals surface area (Å²) in [4.78, 5) is 12.0. The predicted octanol–water partition coefficient (Wildman–Crippen LogP) is 1.83. The number of amides is 1. The number of nitrogens with one attached hydrogen (secondary N) is 1. The molecule has 0 unspecified atom stereocenters. The van der Waals surface area contributed by atoms with Gasteiger partial charge in [0.1, 0.15) is 18.1 Å². The fourth-order valence-corrected chi connectivity index (χ4v) is 2.13. The summed E-state index contributed by atoms with van der Waals surface area (Å²) in [5.41, 5.74) is 7.27. The summed E-state index contributed by atoms with van der Waals surface area (Å²) < 4.78 is 11.0. The van der Waals surface area contributed by atoms with Crippen LogP contribution in [0.1, 0.15) is 21.5 Å². The normalized spacial score (nSPS) is 9.88. The number of hydrogen-bond donors (Lipinski definition) is 2. The highest BCUT2D eigenvalue weighted by Crippen LogP contribution is 2.25. The van der Waals surface area contributed by atoms with E-state index in [9.17, 15) is 4.79 Å². The van der Waals surface area contributed by atoms with E-state index >= 15 is 0 Å². The number of hydrogen-bond acceptors (Lipinski definition) is 5. The Morgan fingerprint density at radius 1 is 1.29 bits per heavy atom. The molecule has 0 saturated heterocycles. The van der Waals surface area contributed by atoms with Gasteiger partial charge in [-0.2, -0.15) is 5.26 Å². The first-order chi connectivity index (χ1) is 11.7. The van der Waals surface area contributed by atoms with Gasteiger partial charge in [-0.1, -0.05) is 12.1 Å². The third-order valence-corrected chi connectivity index (χ3v) is 3.31. The first-order valence-corrected chi connectivity index (χ1v) is 7.46. The first-order valence-electron chi connectivity index (χ1n) is 7.46. The SMILES string of the molecule is COc1cc(OCc2cccc(C#N)c2)ccc1C(=O)NCCN. The molecule has 0 fully saturated rings. The molecule has 0 radical (unpaired) electrons. The summed E-state index contributed by atoms with van der Waals surface area (Å²) in [6.45, 7) is 1.09. The van der Waals surface area contributed by atoms with Crippen molar-refractivity contribution in [3.63, 3.8) is 0 Å². The molecule has 2 aromatic carbocycles. The summed E-state index contributed by atoms with van der Waals surface area (Å²) in [5.74, 6) is 0.753. The molecule has 1 amide bonds. The molecule has 2 aromatic rings. The van der Waals surface area contributed by atoms with Crippen LogP contribution in [0.3, 0.4) is 0 Å². The third-order valence-electron chi connectivity index (χ3n) is 3.31. The maximum absolute atomic E-state index is 12.0. The number of nitrogens with zero attached hydrogens (tertiary/aromatic N) is 1. The van der Waals surface area contributed by atoms with Gasteiger partial charge in [0.15, 0.2) is 0 Å². The monoisotopic (exact) mass is 325 g/mol. The molecule has 6 nitrogen and oxygen atoms in total. The second-order valence-electron chi connectivity index (χ2n) is 5.01. The third kappa shape index (κ3) is 4.48. The van der Waals surface area contributed by atoms with Gasteiger partial charge < -0.3 is 20.5 Å². The lowest BCUT2D eigenvalue weighted by atomic mass is 10.1. The topological polar surface area (TPSA) is 97.4 Å². The second kappa shape index (κ2) is 8.56. The fraction of sp³-hybridized carbons (Fsp3) is 0.222. The predicted molar refractivity (Wildman–Crippen MR) is 89.9 cm³/mol. The van der Waals surface area contributed by atoms with Crippen molar-refractivity contribution in [3.05, 3.63) is 59.2 Å². The largest absolute Gasteiger partial charge is 0.496 e. The summed E-state index contributed by atoms with van der Waals surface area (Å²) in [7, 11) is 1.50. The van der Waals surface area contributed by atoms with Crippen molar-refractivity contribution in [1.29, 1.82) is 5.26 Å². The molecule has 0 heterocycles. The van der Waals surface area contributed by atoms with Crippen molar-refractivity contribution in [3.8, 4) is 17.6 Å². The summed E-state index contributed by atoms with van der Waals surface area (Å²) in [5, 5.41) is 11.6. The van der Waals surface area contributed by atoms with Gasteiger partial charge in [0.25, 0.3) is 5.91 Å². The van der Waals surface area contributed by atoms with Crippen molar-refractivity contribution in [2.45, 2.75) is 6.61 Å². The van der Waals surface area contributed by atoms with Gasteiger partial charge in [0.05, 0.1) is 24.3 Å². The van der Waals surface area contributed by atoms with Gasteiger partial charge in [-0.05, 0) is 29.8 Å². The van der Waals surface area contributed by atoms with E-state index in [0.29, 0.717) is 42.3 Å². The molecule has 0 aliphatic heterocycles. The molecule has 0 bridgehead atoms. The minimum Gasteiger partial charge on any atom is -0.496 e. The number of carbonyl (C=O) groups excluding carboxylic acids is 1. The maximum atomic E-state index is 12.0. The minimum absolute atomic E-state index is 0.245. The van der Waals surface area contributed by atoms with Gasteiger partial charge in [-0.3, -0.25) is 4.79 Å². The van der Waals surface area contributed by atoms with E-state index in [1.807, 2.05) is 12.1 Å². The lowest BCUT2D eigenvalue weighted by molar-refractivity contribution is 0.0951. The molecule has 6 heteroatoms. The molecule has 0 aromatic heterocycles. The lowest BCUT2D eigenvalue weighted by Gasteiger charge is -2.12. The van der Waals surface area contributed by atoms with Gasteiger partial charge in [-0.25, -0.2) is 0 Å². The van der Waals surface area contributed by atoms with Crippen molar-refractivity contribution in [2.75, 3.05) is 20.2 Å². The molecule has 0 aliphatic carbocycles. The van der Waals surface area contributed by atoms with E-state index < -0.39 is 0 Å². The minimum atomic E-state index is -0.245. The van der Waals surface area contributed by atoms with Gasteiger partial charge in [-0.15, -0.1) is 0 Å². The van der Waals surface area contributed by atoms with Crippen LogP contribution < -0.4 is 20.5 Å². The van der Waals surface area contributed by atoms with Crippen molar-refractivity contribution >= 4 is 5.91 Å². The standard InChI is InChI=1S/C18H19N3O3/c1-23-17-10-15(5-6-16(17)18(22)21-8-7-19)24-12-14-4-2-3-13(9-14)11-20/h2-6,9-10H,7-8,12,19H2,1H3,(H,21,22). The van der Waals surface area contributed by atoms with Crippen molar-refractivity contribution in [1.82, 2.24) is 5.32 Å². The van der Waals surface area contributed by atoms with Gasteiger partial charge in [0.2, 0.25) is 0 Å². The number of carbonyl (C=O) groups is 1. The van der Waals surface area contributed by atoms with E-state index in [-0.39, 0.29) is 5.91 Å². The Morgan fingerprint density at radius 3 is 2.83 bits per heavy atom. The Morgan fingerprint density at radius 2 is 2.12 bits per heavy atom. The van der Waals surface area contributed by atoms with Crippen LogP contribution in [0, 0.1) is 11.3 Å².